The first-order valence-electron chi connectivity index (χ1n) is 17.0. The lowest BCUT2D eigenvalue weighted by atomic mass is 9.70. The number of hydrogen-bond acceptors (Lipinski definition) is 5. The van der Waals surface area contributed by atoms with Crippen molar-refractivity contribution in [1.29, 1.82) is 0 Å². The van der Waals surface area contributed by atoms with Crippen LogP contribution < -0.4 is 0 Å². The second-order valence-corrected chi connectivity index (χ2v) is 16.0. The zero-order valence-corrected chi connectivity index (χ0v) is 28.9. The molecule has 4 fully saturated rings. The van der Waals surface area contributed by atoms with E-state index in [0.717, 1.165) is 35.1 Å². The molecule has 2 aliphatic carbocycles. The average Bonchev–Trinajstić information content (AvgIpc) is 3.58. The fourth-order valence-corrected chi connectivity index (χ4v) is 10.8. The number of hydrogen-bond donors (Lipinski definition) is 0. The lowest BCUT2D eigenvalue weighted by molar-refractivity contribution is -0.177. The molecule has 0 radical (unpaired) electrons. The highest BCUT2D eigenvalue weighted by Gasteiger charge is 2.69. The van der Waals surface area contributed by atoms with Gasteiger partial charge in [0.05, 0.1) is 6.10 Å². The molecule has 4 aromatic carbocycles. The predicted molar refractivity (Wildman–Crippen MR) is 184 cm³/mol. The van der Waals surface area contributed by atoms with E-state index in [9.17, 15) is 0 Å². The molecule has 2 saturated carbocycles. The fraction of sp³-hybridized carbons (Fsp3) is 0.415. The number of benzene rings is 4. The maximum absolute atomic E-state index is 7.57. The van der Waals surface area contributed by atoms with Gasteiger partial charge >= 0.3 is 8.60 Å². The Bertz CT molecular complexity index is 1510. The van der Waals surface area contributed by atoms with Crippen molar-refractivity contribution in [3.63, 3.8) is 0 Å². The van der Waals surface area contributed by atoms with Crippen LogP contribution in [0.2, 0.25) is 0 Å². The molecular weight excluding hydrogens is 603 g/mol. The number of fused-ring (bicyclic) bond motifs is 3. The maximum atomic E-state index is 7.57. The summed E-state index contributed by atoms with van der Waals surface area (Å²) in [4.78, 5) is 0. The van der Waals surface area contributed by atoms with E-state index >= 15 is 0 Å². The molecular formula is C41H45O5P. The predicted octanol–water partition coefficient (Wildman–Crippen LogP) is 9.90. The molecule has 47 heavy (non-hydrogen) atoms. The van der Waals surface area contributed by atoms with E-state index in [4.69, 9.17) is 23.0 Å². The molecule has 244 valence electrons. The monoisotopic (exact) mass is 648 g/mol. The van der Waals surface area contributed by atoms with Crippen molar-refractivity contribution >= 4 is 8.60 Å². The highest BCUT2D eigenvalue weighted by Crippen LogP contribution is 2.71. The summed E-state index contributed by atoms with van der Waals surface area (Å²) in [6, 6.07) is 41.7. The molecule has 2 saturated heterocycles. The Hall–Kier alpha value is -2.89. The van der Waals surface area contributed by atoms with Crippen molar-refractivity contribution in [2.45, 2.75) is 89.2 Å². The van der Waals surface area contributed by atoms with Gasteiger partial charge in [-0.2, -0.15) is 0 Å². The molecule has 2 bridgehead atoms. The minimum atomic E-state index is -1.98. The molecule has 2 heterocycles. The van der Waals surface area contributed by atoms with Crippen LogP contribution in [0.25, 0.3) is 0 Å². The summed E-state index contributed by atoms with van der Waals surface area (Å²) >= 11 is 0. The Labute approximate surface area is 280 Å². The van der Waals surface area contributed by atoms with Crippen LogP contribution in [-0.4, -0.2) is 24.1 Å². The van der Waals surface area contributed by atoms with Gasteiger partial charge in [-0.05, 0) is 72.1 Å². The van der Waals surface area contributed by atoms with E-state index in [1.807, 2.05) is 38.1 Å². The van der Waals surface area contributed by atoms with Crippen LogP contribution in [0.3, 0.4) is 0 Å². The summed E-state index contributed by atoms with van der Waals surface area (Å²) < 4.78 is 36.7. The van der Waals surface area contributed by atoms with Crippen LogP contribution in [0.4, 0.5) is 0 Å². The highest BCUT2D eigenvalue weighted by atomic mass is 31.2. The molecule has 0 N–H and O–H groups in total. The highest BCUT2D eigenvalue weighted by molar-refractivity contribution is 7.41. The molecule has 0 amide bonds. The summed E-state index contributed by atoms with van der Waals surface area (Å²) in [6.07, 6.45) is 2.15. The van der Waals surface area contributed by atoms with Crippen molar-refractivity contribution in [3.8, 4) is 0 Å². The zero-order chi connectivity index (χ0) is 32.5. The third-order valence-corrected chi connectivity index (χ3v) is 13.4. The summed E-state index contributed by atoms with van der Waals surface area (Å²) in [5.74, 6) is -0.318. The molecule has 5 atom stereocenters. The van der Waals surface area contributed by atoms with Gasteiger partial charge in [0.15, 0.2) is 17.0 Å². The van der Waals surface area contributed by atoms with Gasteiger partial charge in [0.2, 0.25) is 0 Å². The molecule has 3 unspecified atom stereocenters. The van der Waals surface area contributed by atoms with E-state index in [1.165, 1.54) is 6.42 Å². The van der Waals surface area contributed by atoms with Crippen molar-refractivity contribution in [1.82, 2.24) is 0 Å². The van der Waals surface area contributed by atoms with Crippen molar-refractivity contribution in [3.05, 3.63) is 144 Å². The summed E-state index contributed by atoms with van der Waals surface area (Å²) in [5, 5.41) is 0. The fourth-order valence-electron chi connectivity index (χ4n) is 9.09. The van der Waals surface area contributed by atoms with Gasteiger partial charge in [0.1, 0.15) is 12.2 Å². The number of ether oxygens (including phenoxy) is 2. The largest absolute Gasteiger partial charge is 0.341 e. The first kappa shape index (κ1) is 31.4. The Balaban J connectivity index is 1.40. The molecule has 4 aliphatic rings. The summed E-state index contributed by atoms with van der Waals surface area (Å²) in [6.45, 7) is 11.2. The number of rotatable bonds is 6. The molecule has 0 aromatic heterocycles. The third kappa shape index (κ3) is 4.73. The van der Waals surface area contributed by atoms with E-state index in [0.29, 0.717) is 5.92 Å². The van der Waals surface area contributed by atoms with Crippen LogP contribution in [-0.2, 0) is 34.2 Å². The molecule has 4 aromatic rings. The second-order valence-electron chi connectivity index (χ2n) is 15.0. The molecule has 0 spiro atoms. The van der Waals surface area contributed by atoms with Gasteiger partial charge in [-0.15, -0.1) is 0 Å². The lowest BCUT2D eigenvalue weighted by Gasteiger charge is -2.42. The first-order valence-corrected chi connectivity index (χ1v) is 18.1. The summed E-state index contributed by atoms with van der Waals surface area (Å²) in [5.41, 5.74) is 1.85. The van der Waals surface area contributed by atoms with Gasteiger partial charge in [-0.3, -0.25) is 9.05 Å². The van der Waals surface area contributed by atoms with E-state index in [-0.39, 0.29) is 16.9 Å². The van der Waals surface area contributed by atoms with Crippen LogP contribution in [0, 0.1) is 16.7 Å². The normalized spacial score (nSPS) is 31.7. The Morgan fingerprint density at radius 1 is 0.574 bits per heavy atom. The van der Waals surface area contributed by atoms with Crippen molar-refractivity contribution in [2.75, 3.05) is 0 Å². The van der Waals surface area contributed by atoms with E-state index in [2.05, 4.69) is 118 Å². The van der Waals surface area contributed by atoms with Crippen molar-refractivity contribution < 1.29 is 23.0 Å². The third-order valence-electron chi connectivity index (χ3n) is 12.1. The first-order chi connectivity index (χ1) is 22.6. The Morgan fingerprint density at radius 3 is 1.28 bits per heavy atom. The zero-order valence-electron chi connectivity index (χ0n) is 28.0. The smallest absolute Gasteiger partial charge is 0.335 e. The Kier molecular flexibility index (Phi) is 7.57. The quantitative estimate of drug-likeness (QED) is 0.195. The average molecular weight is 649 g/mol. The lowest BCUT2D eigenvalue weighted by Crippen LogP contribution is -2.53. The van der Waals surface area contributed by atoms with Crippen LogP contribution >= 0.6 is 8.60 Å². The minimum Gasteiger partial charge on any atom is -0.341 e. The van der Waals surface area contributed by atoms with Crippen LogP contribution in [0.5, 0.6) is 0 Å². The van der Waals surface area contributed by atoms with Crippen LogP contribution in [0.15, 0.2) is 121 Å². The van der Waals surface area contributed by atoms with E-state index < -0.39 is 37.8 Å². The topological polar surface area (TPSA) is 46.2 Å². The maximum Gasteiger partial charge on any atom is 0.335 e. The van der Waals surface area contributed by atoms with Gasteiger partial charge < -0.3 is 14.0 Å². The molecule has 8 rings (SSSR count). The summed E-state index contributed by atoms with van der Waals surface area (Å²) in [7, 11) is -1.98. The van der Waals surface area contributed by atoms with Crippen molar-refractivity contribution in [2.24, 2.45) is 16.7 Å². The Morgan fingerprint density at radius 2 is 0.957 bits per heavy atom. The van der Waals surface area contributed by atoms with Gasteiger partial charge in [-0.1, -0.05) is 142 Å². The minimum absolute atomic E-state index is 0.00734. The molecule has 5 nitrogen and oxygen atoms in total. The standard InChI is InChI=1S/C41H45O5P/c1-37(2)33-26-27-39(37,5)34(28-33)44-47-45-40(29-18-10-6-11-19-29,30-20-12-7-13-21-30)35-36(43-38(3,4)42-35)41(46-47,31-22-14-8-15-23-31)32-24-16-9-17-25-32/h6-25,33-36H,26-28H2,1-5H3/t33?,34?,35-,36-,39?/m1/s1. The molecule has 2 aliphatic heterocycles. The molecule has 6 heteroatoms. The van der Waals surface area contributed by atoms with Gasteiger partial charge in [0.25, 0.3) is 0 Å². The van der Waals surface area contributed by atoms with Gasteiger partial charge in [-0.25, -0.2) is 0 Å². The van der Waals surface area contributed by atoms with Crippen LogP contribution in [0.1, 0.15) is 76.1 Å². The van der Waals surface area contributed by atoms with Gasteiger partial charge in [0, 0.05) is 0 Å². The second kappa shape index (κ2) is 11.3. The SMILES string of the molecule is CC1(C)O[C@@H]2[C@@H](O1)C(c1ccccc1)(c1ccccc1)OP(OC1CC3CCC1(C)C3(C)C)OC2(c1ccccc1)c1ccccc1. The van der Waals surface area contributed by atoms with E-state index in [1.54, 1.807) is 0 Å².